The van der Waals surface area contributed by atoms with E-state index in [1.165, 1.54) is 0 Å². The number of likely N-dealkylation sites (tertiary alicyclic amines) is 1. The summed E-state index contributed by atoms with van der Waals surface area (Å²) in [4.78, 5) is 15.2. The lowest BCUT2D eigenvalue weighted by Gasteiger charge is -2.34. The fourth-order valence-corrected chi connectivity index (χ4v) is 4.33. The first-order chi connectivity index (χ1) is 13.7. The first-order valence-electron chi connectivity index (χ1n) is 10.8. The summed E-state index contributed by atoms with van der Waals surface area (Å²) in [6, 6.07) is 12.3. The predicted octanol–water partition coefficient (Wildman–Crippen LogP) is 4.26. The highest BCUT2D eigenvalue weighted by atomic mass is 16.6. The zero-order chi connectivity index (χ0) is 21.6. The summed E-state index contributed by atoms with van der Waals surface area (Å²) in [5.41, 5.74) is 6.86. The molecular formula is C24H37N3O2. The van der Waals surface area contributed by atoms with Crippen molar-refractivity contribution in [1.29, 1.82) is 5.26 Å². The van der Waals surface area contributed by atoms with Crippen LogP contribution in [0.3, 0.4) is 0 Å². The Kier molecular flexibility index (Phi) is 8.24. The van der Waals surface area contributed by atoms with E-state index in [0.717, 1.165) is 24.8 Å². The smallest absolute Gasteiger partial charge is 0.323 e. The van der Waals surface area contributed by atoms with Crippen LogP contribution in [-0.2, 0) is 16.1 Å². The molecule has 0 radical (unpaired) electrons. The van der Waals surface area contributed by atoms with Crippen molar-refractivity contribution in [2.45, 2.75) is 90.6 Å². The van der Waals surface area contributed by atoms with Crippen molar-refractivity contribution in [3.8, 4) is 6.07 Å². The monoisotopic (exact) mass is 399 g/mol. The standard InChI is InChI=1S/C24H37N3O2/c1-6-10-19(17(2)26)13-21-20(15-25)14-22(23(28)29-24(3,4)5)27(21)16-18-11-8-7-9-12-18/h7-9,11-12,17,19-22H,6,10,13-14,16,26H2,1-5H3/t17?,19?,20-,21+,22+/m0/s1. The van der Waals surface area contributed by atoms with Gasteiger partial charge in [-0.1, -0.05) is 43.7 Å². The zero-order valence-corrected chi connectivity index (χ0v) is 18.6. The van der Waals surface area contributed by atoms with Gasteiger partial charge in [0.15, 0.2) is 0 Å². The molecule has 29 heavy (non-hydrogen) atoms. The fourth-order valence-electron chi connectivity index (χ4n) is 4.33. The van der Waals surface area contributed by atoms with Gasteiger partial charge in [-0.05, 0) is 58.4 Å². The molecule has 1 saturated heterocycles. The number of carbonyl (C=O) groups excluding carboxylic acids is 1. The maximum Gasteiger partial charge on any atom is 0.323 e. The van der Waals surface area contributed by atoms with Crippen LogP contribution in [0, 0.1) is 23.2 Å². The van der Waals surface area contributed by atoms with Gasteiger partial charge in [-0.15, -0.1) is 0 Å². The maximum atomic E-state index is 13.0. The number of ether oxygens (including phenoxy) is 1. The fraction of sp³-hybridized carbons (Fsp3) is 0.667. The van der Waals surface area contributed by atoms with Gasteiger partial charge in [-0.25, -0.2) is 0 Å². The molecule has 1 aliphatic rings. The van der Waals surface area contributed by atoms with E-state index in [9.17, 15) is 10.1 Å². The van der Waals surface area contributed by atoms with Gasteiger partial charge in [-0.2, -0.15) is 5.26 Å². The van der Waals surface area contributed by atoms with Gasteiger partial charge < -0.3 is 10.5 Å². The van der Waals surface area contributed by atoms with Crippen molar-refractivity contribution in [1.82, 2.24) is 4.90 Å². The molecule has 2 rings (SSSR count). The van der Waals surface area contributed by atoms with Crippen LogP contribution in [0.1, 0.15) is 65.9 Å². The zero-order valence-electron chi connectivity index (χ0n) is 18.6. The lowest BCUT2D eigenvalue weighted by Crippen LogP contribution is -2.45. The topological polar surface area (TPSA) is 79.4 Å². The summed E-state index contributed by atoms with van der Waals surface area (Å²) in [6.07, 6.45) is 3.43. The van der Waals surface area contributed by atoms with Crippen LogP contribution >= 0.6 is 0 Å². The van der Waals surface area contributed by atoms with Crippen molar-refractivity contribution >= 4 is 5.97 Å². The third-order valence-corrected chi connectivity index (χ3v) is 5.77. The maximum absolute atomic E-state index is 13.0. The Bertz CT molecular complexity index is 690. The van der Waals surface area contributed by atoms with Crippen LogP contribution in [0.2, 0.25) is 0 Å². The Hall–Kier alpha value is -1.90. The van der Waals surface area contributed by atoms with Crippen LogP contribution in [0.15, 0.2) is 30.3 Å². The van der Waals surface area contributed by atoms with E-state index in [0.29, 0.717) is 18.9 Å². The van der Waals surface area contributed by atoms with Gasteiger partial charge >= 0.3 is 5.97 Å². The van der Waals surface area contributed by atoms with E-state index in [1.807, 2.05) is 45.9 Å². The van der Waals surface area contributed by atoms with Crippen LogP contribution in [0.25, 0.3) is 0 Å². The van der Waals surface area contributed by atoms with Crippen LogP contribution < -0.4 is 5.73 Å². The molecule has 1 aliphatic heterocycles. The minimum atomic E-state index is -0.549. The number of nitriles is 1. The molecule has 0 aliphatic carbocycles. The van der Waals surface area contributed by atoms with Crippen molar-refractivity contribution in [2.24, 2.45) is 17.6 Å². The summed E-state index contributed by atoms with van der Waals surface area (Å²) in [7, 11) is 0. The molecule has 1 fully saturated rings. The molecule has 0 aromatic heterocycles. The van der Waals surface area contributed by atoms with E-state index >= 15 is 0 Å². The van der Waals surface area contributed by atoms with Gasteiger partial charge in [0.05, 0.1) is 12.0 Å². The number of esters is 1. The first kappa shape index (κ1) is 23.4. The number of carbonyl (C=O) groups is 1. The Morgan fingerprint density at radius 3 is 2.52 bits per heavy atom. The lowest BCUT2D eigenvalue weighted by atomic mass is 9.85. The molecule has 0 amide bonds. The number of hydrogen-bond acceptors (Lipinski definition) is 5. The van der Waals surface area contributed by atoms with Crippen molar-refractivity contribution in [3.05, 3.63) is 35.9 Å². The molecule has 2 unspecified atom stereocenters. The van der Waals surface area contributed by atoms with E-state index in [-0.39, 0.29) is 24.0 Å². The second kappa shape index (κ2) is 10.2. The Morgan fingerprint density at radius 2 is 2.00 bits per heavy atom. The number of hydrogen-bond donors (Lipinski definition) is 1. The molecular weight excluding hydrogens is 362 g/mol. The average molecular weight is 400 g/mol. The van der Waals surface area contributed by atoms with E-state index < -0.39 is 11.6 Å². The van der Waals surface area contributed by atoms with Gasteiger partial charge in [-0.3, -0.25) is 9.69 Å². The molecule has 0 saturated carbocycles. The first-order valence-corrected chi connectivity index (χ1v) is 10.8. The highest BCUT2D eigenvalue weighted by Crippen LogP contribution is 2.37. The van der Waals surface area contributed by atoms with E-state index in [2.05, 4.69) is 30.0 Å². The molecule has 5 nitrogen and oxygen atoms in total. The lowest BCUT2D eigenvalue weighted by molar-refractivity contribution is -0.161. The Morgan fingerprint density at radius 1 is 1.34 bits per heavy atom. The van der Waals surface area contributed by atoms with Crippen LogP contribution in [-0.4, -0.2) is 34.6 Å². The molecule has 2 N–H and O–H groups in total. The second-order valence-corrected chi connectivity index (χ2v) is 9.39. The number of nitrogens with zero attached hydrogens (tertiary/aromatic N) is 2. The summed E-state index contributed by atoms with van der Waals surface area (Å²) in [5.74, 6) is -0.102. The average Bonchev–Trinajstić information content (AvgIpc) is 2.98. The minimum absolute atomic E-state index is 0.000254. The third kappa shape index (κ3) is 6.55. The van der Waals surface area contributed by atoms with Gasteiger partial charge in [0.25, 0.3) is 0 Å². The molecule has 1 heterocycles. The summed E-state index contributed by atoms with van der Waals surface area (Å²) in [6.45, 7) is 10.5. The molecule has 0 spiro atoms. The third-order valence-electron chi connectivity index (χ3n) is 5.77. The molecule has 1 aromatic carbocycles. The van der Waals surface area contributed by atoms with Crippen LogP contribution in [0.4, 0.5) is 0 Å². The van der Waals surface area contributed by atoms with Gasteiger partial charge in [0.2, 0.25) is 0 Å². The highest BCUT2D eigenvalue weighted by molar-refractivity contribution is 5.77. The van der Waals surface area contributed by atoms with Gasteiger partial charge in [0.1, 0.15) is 11.6 Å². The molecule has 5 atom stereocenters. The number of rotatable bonds is 8. The summed E-state index contributed by atoms with van der Waals surface area (Å²) in [5, 5.41) is 9.87. The SMILES string of the molecule is CCCC(C[C@@H]1[C@H](C#N)C[C@H](C(=O)OC(C)(C)C)N1Cc1ccccc1)C(C)N. The highest BCUT2D eigenvalue weighted by Gasteiger charge is 2.46. The molecule has 5 heteroatoms. The van der Waals surface area contributed by atoms with Crippen LogP contribution in [0.5, 0.6) is 0 Å². The van der Waals surface area contributed by atoms with Gasteiger partial charge in [0, 0.05) is 18.6 Å². The molecule has 0 bridgehead atoms. The minimum Gasteiger partial charge on any atom is -0.459 e. The van der Waals surface area contributed by atoms with Crippen molar-refractivity contribution in [2.75, 3.05) is 0 Å². The predicted molar refractivity (Wildman–Crippen MR) is 116 cm³/mol. The molecule has 1 aromatic rings. The largest absolute Gasteiger partial charge is 0.459 e. The quantitative estimate of drug-likeness (QED) is 0.661. The Balaban J connectivity index is 2.33. The summed E-state index contributed by atoms with van der Waals surface area (Å²) >= 11 is 0. The summed E-state index contributed by atoms with van der Waals surface area (Å²) < 4.78 is 5.72. The van der Waals surface area contributed by atoms with Crippen molar-refractivity contribution < 1.29 is 9.53 Å². The van der Waals surface area contributed by atoms with E-state index in [4.69, 9.17) is 10.5 Å². The van der Waals surface area contributed by atoms with Crippen molar-refractivity contribution in [3.63, 3.8) is 0 Å². The van der Waals surface area contributed by atoms with E-state index in [1.54, 1.807) is 0 Å². The molecule has 160 valence electrons. The second-order valence-electron chi connectivity index (χ2n) is 9.39. The normalized spacial score (nSPS) is 24.7. The number of nitrogens with two attached hydrogens (primary N) is 1. The number of benzene rings is 1. The Labute approximate surface area is 176 Å².